The zero-order valence-corrected chi connectivity index (χ0v) is 8.10. The lowest BCUT2D eigenvalue weighted by Gasteiger charge is -2.12. The number of pyridine rings is 1. The van der Waals surface area contributed by atoms with Gasteiger partial charge in [-0.2, -0.15) is 0 Å². The molecule has 0 amide bonds. The Morgan fingerprint density at radius 3 is 3.00 bits per heavy atom. The monoisotopic (exact) mass is 184 g/mol. The number of rotatable bonds is 3. The molecule has 0 radical (unpaired) electrons. The van der Waals surface area contributed by atoms with Crippen molar-refractivity contribution in [1.29, 1.82) is 0 Å². The lowest BCUT2D eigenvalue weighted by atomic mass is 10.2. The predicted octanol–water partition coefficient (Wildman–Crippen LogP) is 2.95. The van der Waals surface area contributed by atoms with E-state index in [2.05, 4.69) is 24.1 Å². The van der Waals surface area contributed by atoms with Crippen LogP contribution in [0.3, 0.4) is 0 Å². The number of hydrogen-bond donors (Lipinski definition) is 1. The van der Waals surface area contributed by atoms with Crippen LogP contribution in [0.25, 0.3) is 0 Å². The van der Waals surface area contributed by atoms with Gasteiger partial charge in [0.05, 0.1) is 5.02 Å². The fourth-order valence-corrected chi connectivity index (χ4v) is 1.00. The second-order valence-electron chi connectivity index (χ2n) is 2.79. The van der Waals surface area contributed by atoms with Crippen molar-refractivity contribution in [2.24, 2.45) is 0 Å². The second-order valence-corrected chi connectivity index (χ2v) is 3.19. The first-order chi connectivity index (χ1) is 5.74. The summed E-state index contributed by atoms with van der Waals surface area (Å²) in [6, 6.07) is 4.07. The first kappa shape index (κ1) is 9.33. The van der Waals surface area contributed by atoms with Gasteiger partial charge >= 0.3 is 0 Å². The molecule has 0 bridgehead atoms. The molecule has 12 heavy (non-hydrogen) atoms. The predicted molar refractivity (Wildman–Crippen MR) is 52.6 cm³/mol. The number of nitrogens with zero attached hydrogens (tertiary/aromatic N) is 1. The minimum atomic E-state index is 0.414. The van der Waals surface area contributed by atoms with Gasteiger partial charge in [-0.3, -0.25) is 0 Å². The van der Waals surface area contributed by atoms with Gasteiger partial charge in [0.15, 0.2) is 0 Å². The maximum atomic E-state index is 5.90. The highest BCUT2D eigenvalue weighted by Gasteiger charge is 2.02. The van der Waals surface area contributed by atoms with Gasteiger partial charge < -0.3 is 5.32 Å². The smallest absolute Gasteiger partial charge is 0.144 e. The van der Waals surface area contributed by atoms with E-state index in [1.54, 1.807) is 6.20 Å². The summed E-state index contributed by atoms with van der Waals surface area (Å²) < 4.78 is 0. The van der Waals surface area contributed by atoms with Gasteiger partial charge in [0.1, 0.15) is 5.82 Å². The topological polar surface area (TPSA) is 24.9 Å². The van der Waals surface area contributed by atoms with Crippen molar-refractivity contribution in [2.45, 2.75) is 26.3 Å². The summed E-state index contributed by atoms with van der Waals surface area (Å²) in [5, 5.41) is 3.90. The highest BCUT2D eigenvalue weighted by Crippen LogP contribution is 2.18. The summed E-state index contributed by atoms with van der Waals surface area (Å²) in [6.45, 7) is 4.22. The molecule has 0 aliphatic rings. The standard InChI is InChI=1S/C9H13ClN2/c1-3-7(2)12-9-8(10)5-4-6-11-9/h4-7H,3H2,1-2H3,(H,11,12). The van der Waals surface area contributed by atoms with Crippen molar-refractivity contribution < 1.29 is 0 Å². The van der Waals surface area contributed by atoms with Gasteiger partial charge in [0.25, 0.3) is 0 Å². The van der Waals surface area contributed by atoms with Crippen molar-refractivity contribution in [3.63, 3.8) is 0 Å². The highest BCUT2D eigenvalue weighted by atomic mass is 35.5. The molecule has 1 heterocycles. The van der Waals surface area contributed by atoms with Gasteiger partial charge in [-0.25, -0.2) is 4.98 Å². The van der Waals surface area contributed by atoms with E-state index in [9.17, 15) is 0 Å². The Hall–Kier alpha value is -0.760. The van der Waals surface area contributed by atoms with E-state index in [0.717, 1.165) is 12.2 Å². The number of hydrogen-bond acceptors (Lipinski definition) is 2. The Kier molecular flexibility index (Phi) is 3.35. The third-order valence-corrected chi connectivity index (χ3v) is 2.06. The van der Waals surface area contributed by atoms with Crippen LogP contribution in [0.2, 0.25) is 5.02 Å². The summed E-state index contributed by atoms with van der Waals surface area (Å²) in [5.41, 5.74) is 0. The Morgan fingerprint density at radius 1 is 1.67 bits per heavy atom. The largest absolute Gasteiger partial charge is 0.366 e. The molecule has 66 valence electrons. The maximum Gasteiger partial charge on any atom is 0.144 e. The molecule has 2 nitrogen and oxygen atoms in total. The van der Waals surface area contributed by atoms with Gasteiger partial charge in [0, 0.05) is 12.2 Å². The molecule has 3 heteroatoms. The van der Waals surface area contributed by atoms with Crippen LogP contribution < -0.4 is 5.32 Å². The Morgan fingerprint density at radius 2 is 2.42 bits per heavy atom. The van der Waals surface area contributed by atoms with Crippen LogP contribution in [-0.2, 0) is 0 Å². The van der Waals surface area contributed by atoms with Crippen molar-refractivity contribution in [2.75, 3.05) is 5.32 Å². The number of halogens is 1. The third-order valence-electron chi connectivity index (χ3n) is 1.75. The van der Waals surface area contributed by atoms with Crippen molar-refractivity contribution in [1.82, 2.24) is 4.98 Å². The Bertz CT molecular complexity index is 250. The van der Waals surface area contributed by atoms with Crippen LogP contribution >= 0.6 is 11.6 Å². The Balaban J connectivity index is 2.69. The summed E-state index contributed by atoms with van der Waals surface area (Å²) >= 11 is 5.90. The van der Waals surface area contributed by atoms with E-state index >= 15 is 0 Å². The normalized spacial score (nSPS) is 12.6. The van der Waals surface area contributed by atoms with Gasteiger partial charge in [-0.1, -0.05) is 18.5 Å². The molecule has 0 fully saturated rings. The maximum absolute atomic E-state index is 5.90. The van der Waals surface area contributed by atoms with Crippen LogP contribution in [0.5, 0.6) is 0 Å². The van der Waals surface area contributed by atoms with E-state index in [1.807, 2.05) is 12.1 Å². The lowest BCUT2D eigenvalue weighted by molar-refractivity contribution is 0.759. The molecular formula is C9H13ClN2. The van der Waals surface area contributed by atoms with E-state index in [-0.39, 0.29) is 0 Å². The molecule has 1 aromatic heterocycles. The van der Waals surface area contributed by atoms with Gasteiger partial charge in [0.2, 0.25) is 0 Å². The number of nitrogens with one attached hydrogen (secondary N) is 1. The number of anilines is 1. The van der Waals surface area contributed by atoms with Crippen LogP contribution in [-0.4, -0.2) is 11.0 Å². The average Bonchev–Trinajstić information content (AvgIpc) is 2.09. The molecule has 1 rings (SSSR count). The molecule has 1 unspecified atom stereocenters. The molecule has 1 atom stereocenters. The molecule has 0 saturated heterocycles. The van der Waals surface area contributed by atoms with Crippen molar-refractivity contribution in [3.05, 3.63) is 23.4 Å². The molecular weight excluding hydrogens is 172 g/mol. The molecule has 1 aromatic rings. The van der Waals surface area contributed by atoms with Crippen molar-refractivity contribution >= 4 is 17.4 Å². The van der Waals surface area contributed by atoms with Gasteiger partial charge in [-0.05, 0) is 25.5 Å². The van der Waals surface area contributed by atoms with E-state index in [1.165, 1.54) is 0 Å². The van der Waals surface area contributed by atoms with Crippen LogP contribution in [0.4, 0.5) is 5.82 Å². The first-order valence-corrected chi connectivity index (χ1v) is 4.49. The molecule has 0 aliphatic heterocycles. The third kappa shape index (κ3) is 2.38. The molecule has 0 aromatic carbocycles. The van der Waals surface area contributed by atoms with E-state index in [0.29, 0.717) is 11.1 Å². The fourth-order valence-electron chi connectivity index (χ4n) is 0.827. The quantitative estimate of drug-likeness (QED) is 0.782. The summed E-state index contributed by atoms with van der Waals surface area (Å²) in [6.07, 6.45) is 2.80. The number of aromatic nitrogens is 1. The van der Waals surface area contributed by atoms with Crippen molar-refractivity contribution in [3.8, 4) is 0 Å². The average molecular weight is 185 g/mol. The van der Waals surface area contributed by atoms with E-state index < -0.39 is 0 Å². The van der Waals surface area contributed by atoms with Crippen LogP contribution in [0.15, 0.2) is 18.3 Å². The minimum absolute atomic E-state index is 0.414. The second kappa shape index (κ2) is 4.31. The SMILES string of the molecule is CCC(C)Nc1ncccc1Cl. The Labute approximate surface area is 78.0 Å². The van der Waals surface area contributed by atoms with Crippen LogP contribution in [0, 0.1) is 0 Å². The highest BCUT2D eigenvalue weighted by molar-refractivity contribution is 6.32. The molecule has 0 saturated carbocycles. The summed E-state index contributed by atoms with van der Waals surface area (Å²) in [5.74, 6) is 0.772. The van der Waals surface area contributed by atoms with Crippen LogP contribution in [0.1, 0.15) is 20.3 Å². The molecule has 1 N–H and O–H groups in total. The summed E-state index contributed by atoms with van der Waals surface area (Å²) in [7, 11) is 0. The fraction of sp³-hybridized carbons (Fsp3) is 0.444. The zero-order valence-electron chi connectivity index (χ0n) is 7.34. The first-order valence-electron chi connectivity index (χ1n) is 4.11. The van der Waals surface area contributed by atoms with Gasteiger partial charge in [-0.15, -0.1) is 0 Å². The molecule has 0 aliphatic carbocycles. The zero-order chi connectivity index (χ0) is 8.97. The minimum Gasteiger partial charge on any atom is -0.366 e. The molecule has 0 spiro atoms. The lowest BCUT2D eigenvalue weighted by Crippen LogP contribution is -2.14. The van der Waals surface area contributed by atoms with E-state index in [4.69, 9.17) is 11.6 Å². The summed E-state index contributed by atoms with van der Waals surface area (Å²) in [4.78, 5) is 4.12.